The summed E-state index contributed by atoms with van der Waals surface area (Å²) < 4.78 is 40.5. The number of nitrogens with zero attached hydrogens (tertiary/aromatic N) is 3. The molecular weight excluding hydrogens is 327 g/mol. The number of aromatic nitrogens is 3. The van der Waals surface area contributed by atoms with Crippen LogP contribution in [0.15, 0.2) is 15.4 Å². The van der Waals surface area contributed by atoms with Gasteiger partial charge in [0.25, 0.3) is 0 Å². The van der Waals surface area contributed by atoms with Crippen molar-refractivity contribution in [2.24, 2.45) is 0 Å². The van der Waals surface area contributed by atoms with Gasteiger partial charge in [0.15, 0.2) is 4.34 Å². The average Bonchev–Trinajstić information content (AvgIpc) is 2.75. The predicted octanol–water partition coefficient (Wildman–Crippen LogP) is 3.42. The molecule has 0 amide bonds. The van der Waals surface area contributed by atoms with Crippen LogP contribution >= 0.6 is 23.3 Å². The summed E-state index contributed by atoms with van der Waals surface area (Å²) in [4.78, 5) is 18.7. The lowest BCUT2D eigenvalue weighted by atomic mass is 10.1. The van der Waals surface area contributed by atoms with Crippen molar-refractivity contribution in [1.29, 1.82) is 0 Å². The molecule has 0 aliphatic rings. The van der Waals surface area contributed by atoms with E-state index in [0.29, 0.717) is 22.8 Å². The Morgan fingerprint density at radius 3 is 2.52 bits per heavy atom. The number of hydrogen-bond donors (Lipinski definition) is 1. The van der Waals surface area contributed by atoms with Crippen molar-refractivity contribution in [2.75, 3.05) is 0 Å². The van der Waals surface area contributed by atoms with Crippen LogP contribution in [0.4, 0.5) is 13.2 Å². The second kappa shape index (κ2) is 5.60. The molecule has 2 aromatic rings. The van der Waals surface area contributed by atoms with Gasteiger partial charge in [-0.1, -0.05) is 0 Å². The van der Waals surface area contributed by atoms with Crippen molar-refractivity contribution < 1.29 is 23.1 Å². The standard InChI is InChI=1S/C11H8F3N3O2S2/c1-4-3-5(2)15-7(6(4)8(18)19)20-10-16-9(17-21-10)11(12,13)14/h3H,1-2H3,(H,18,19). The Morgan fingerprint density at radius 1 is 1.33 bits per heavy atom. The zero-order valence-electron chi connectivity index (χ0n) is 10.7. The summed E-state index contributed by atoms with van der Waals surface area (Å²) in [5, 5.41) is 9.29. The molecule has 10 heteroatoms. The van der Waals surface area contributed by atoms with Crippen LogP contribution in [0.25, 0.3) is 0 Å². The van der Waals surface area contributed by atoms with Crippen LogP contribution in [0.1, 0.15) is 27.4 Å². The molecule has 0 atom stereocenters. The van der Waals surface area contributed by atoms with Gasteiger partial charge in [-0.15, -0.1) is 0 Å². The lowest BCUT2D eigenvalue weighted by molar-refractivity contribution is -0.144. The van der Waals surface area contributed by atoms with Gasteiger partial charge in [-0.25, -0.2) is 14.8 Å². The smallest absolute Gasteiger partial charge is 0.452 e. The van der Waals surface area contributed by atoms with Crippen molar-refractivity contribution in [2.45, 2.75) is 29.4 Å². The molecule has 0 saturated heterocycles. The van der Waals surface area contributed by atoms with Crippen molar-refractivity contribution >= 4 is 29.3 Å². The highest BCUT2D eigenvalue weighted by Gasteiger charge is 2.36. The molecule has 0 fully saturated rings. The summed E-state index contributed by atoms with van der Waals surface area (Å²) in [6.07, 6.45) is -4.62. The van der Waals surface area contributed by atoms with Crippen LogP contribution in [0.3, 0.4) is 0 Å². The monoisotopic (exact) mass is 335 g/mol. The number of hydrogen-bond acceptors (Lipinski definition) is 6. The van der Waals surface area contributed by atoms with E-state index in [0.717, 1.165) is 11.8 Å². The third-order valence-electron chi connectivity index (χ3n) is 2.37. The second-order valence-corrected chi connectivity index (χ2v) is 6.04. The van der Waals surface area contributed by atoms with Crippen LogP contribution in [-0.2, 0) is 6.18 Å². The number of halogens is 3. The van der Waals surface area contributed by atoms with Gasteiger partial charge >= 0.3 is 12.1 Å². The largest absolute Gasteiger partial charge is 0.478 e. The Kier molecular flexibility index (Phi) is 4.19. The summed E-state index contributed by atoms with van der Waals surface area (Å²) in [5.74, 6) is -2.43. The summed E-state index contributed by atoms with van der Waals surface area (Å²) >= 11 is 1.31. The molecule has 0 bridgehead atoms. The number of pyridine rings is 1. The first-order chi connectivity index (χ1) is 9.68. The molecule has 112 valence electrons. The maximum Gasteiger partial charge on any atom is 0.452 e. The molecule has 2 aromatic heterocycles. The highest BCUT2D eigenvalue weighted by atomic mass is 32.2. The van der Waals surface area contributed by atoms with E-state index in [2.05, 4.69) is 14.3 Å². The van der Waals surface area contributed by atoms with E-state index in [1.165, 1.54) is 0 Å². The minimum atomic E-state index is -4.62. The van der Waals surface area contributed by atoms with Gasteiger partial charge in [-0.3, -0.25) is 0 Å². The quantitative estimate of drug-likeness (QED) is 0.926. The SMILES string of the molecule is Cc1cc(C)c(C(=O)O)c(Sc2nc(C(F)(F)F)ns2)n1. The summed E-state index contributed by atoms with van der Waals surface area (Å²) in [6, 6.07) is 1.59. The number of alkyl halides is 3. The summed E-state index contributed by atoms with van der Waals surface area (Å²) in [5.41, 5.74) is 1.01. The molecule has 2 rings (SSSR count). The van der Waals surface area contributed by atoms with E-state index in [1.54, 1.807) is 19.9 Å². The number of carbonyl (C=O) groups is 1. The number of rotatable bonds is 3. The highest BCUT2D eigenvalue weighted by Crippen LogP contribution is 2.35. The average molecular weight is 335 g/mol. The molecule has 0 aliphatic carbocycles. The van der Waals surface area contributed by atoms with Gasteiger partial charge < -0.3 is 5.11 Å². The number of carboxylic acids is 1. The number of carboxylic acid groups (broad SMARTS) is 1. The van der Waals surface area contributed by atoms with Crippen molar-refractivity contribution in [3.63, 3.8) is 0 Å². The first-order valence-corrected chi connectivity index (χ1v) is 7.07. The van der Waals surface area contributed by atoms with E-state index in [1.807, 2.05) is 0 Å². The van der Waals surface area contributed by atoms with Gasteiger partial charge in [0.05, 0.1) is 5.56 Å². The zero-order valence-corrected chi connectivity index (χ0v) is 12.4. The summed E-state index contributed by atoms with van der Waals surface area (Å²) in [6.45, 7) is 3.27. The lowest BCUT2D eigenvalue weighted by Crippen LogP contribution is -2.07. The van der Waals surface area contributed by atoms with E-state index in [4.69, 9.17) is 0 Å². The first-order valence-electron chi connectivity index (χ1n) is 5.49. The minimum absolute atomic E-state index is 0.0117. The summed E-state index contributed by atoms with van der Waals surface area (Å²) in [7, 11) is 0. The van der Waals surface area contributed by atoms with Crippen LogP contribution in [0.2, 0.25) is 0 Å². The van der Waals surface area contributed by atoms with Gasteiger partial charge in [0, 0.05) is 5.69 Å². The number of aromatic carboxylic acids is 1. The third-order valence-corrected chi connectivity index (χ3v) is 4.11. The molecule has 5 nitrogen and oxygen atoms in total. The van der Waals surface area contributed by atoms with E-state index in [9.17, 15) is 23.1 Å². The topological polar surface area (TPSA) is 76.0 Å². The van der Waals surface area contributed by atoms with Gasteiger partial charge in [0.1, 0.15) is 5.03 Å². The molecule has 1 N–H and O–H groups in total. The number of aryl methyl sites for hydroxylation is 2. The maximum atomic E-state index is 12.4. The molecule has 0 aromatic carbocycles. The van der Waals surface area contributed by atoms with Crippen LogP contribution in [0, 0.1) is 13.8 Å². The molecule has 0 unspecified atom stereocenters. The van der Waals surface area contributed by atoms with Crippen molar-refractivity contribution in [1.82, 2.24) is 14.3 Å². The van der Waals surface area contributed by atoms with Gasteiger partial charge in [-0.2, -0.15) is 17.5 Å². The van der Waals surface area contributed by atoms with Crippen molar-refractivity contribution in [3.8, 4) is 0 Å². The molecule has 0 aliphatic heterocycles. The Bertz CT molecular complexity index is 701. The van der Waals surface area contributed by atoms with E-state index >= 15 is 0 Å². The predicted molar refractivity (Wildman–Crippen MR) is 69.7 cm³/mol. The zero-order chi connectivity index (χ0) is 15.8. The normalized spacial score (nSPS) is 11.7. The molecular formula is C11H8F3N3O2S2. The fourth-order valence-corrected chi connectivity index (χ4v) is 3.36. The van der Waals surface area contributed by atoms with Crippen LogP contribution in [0.5, 0.6) is 0 Å². The first kappa shape index (κ1) is 15.7. The fraction of sp³-hybridized carbons (Fsp3) is 0.273. The Hall–Kier alpha value is -1.68. The maximum absolute atomic E-state index is 12.4. The van der Waals surface area contributed by atoms with E-state index < -0.39 is 18.0 Å². The minimum Gasteiger partial charge on any atom is -0.478 e. The molecule has 0 radical (unpaired) electrons. The lowest BCUT2D eigenvalue weighted by Gasteiger charge is -2.07. The molecule has 0 saturated carbocycles. The highest BCUT2D eigenvalue weighted by molar-refractivity contribution is 8.01. The second-order valence-electron chi connectivity index (χ2n) is 4.05. The van der Waals surface area contributed by atoms with Gasteiger partial charge in [-0.05, 0) is 48.8 Å². The fourth-order valence-electron chi connectivity index (χ4n) is 1.59. The van der Waals surface area contributed by atoms with Crippen LogP contribution < -0.4 is 0 Å². The molecule has 21 heavy (non-hydrogen) atoms. The molecule has 0 spiro atoms. The Morgan fingerprint density at radius 2 is 2.00 bits per heavy atom. The van der Waals surface area contributed by atoms with E-state index in [-0.39, 0.29) is 14.9 Å². The van der Waals surface area contributed by atoms with Crippen molar-refractivity contribution in [3.05, 3.63) is 28.7 Å². The van der Waals surface area contributed by atoms with Crippen LogP contribution in [-0.4, -0.2) is 25.4 Å². The third kappa shape index (κ3) is 3.50. The van der Waals surface area contributed by atoms with Gasteiger partial charge in [0.2, 0.25) is 5.82 Å². The Balaban J connectivity index is 2.40. The Labute approximate surface area is 125 Å². The molecule has 2 heterocycles.